The molecular formula is C8H9F3N2OS. The van der Waals surface area contributed by atoms with Crippen molar-refractivity contribution in [2.24, 2.45) is 7.05 Å². The fourth-order valence-electron chi connectivity index (χ4n) is 0.939. The Kier molecular flexibility index (Phi) is 4.07. The lowest BCUT2D eigenvalue weighted by molar-refractivity contribution is 0.373. The molecule has 0 fully saturated rings. The second-order valence-corrected chi connectivity index (χ2v) is 4.25. The van der Waals surface area contributed by atoms with Crippen molar-refractivity contribution >= 4 is 10.8 Å². The molecule has 1 aromatic rings. The summed E-state index contributed by atoms with van der Waals surface area (Å²) in [4.78, 5) is 3.78. The van der Waals surface area contributed by atoms with Crippen LogP contribution in [0, 0.1) is 0 Å². The molecule has 3 nitrogen and oxygen atoms in total. The van der Waals surface area contributed by atoms with Gasteiger partial charge in [0.1, 0.15) is 0 Å². The fourth-order valence-corrected chi connectivity index (χ4v) is 2.05. The molecule has 15 heavy (non-hydrogen) atoms. The van der Waals surface area contributed by atoms with E-state index in [4.69, 9.17) is 0 Å². The summed E-state index contributed by atoms with van der Waals surface area (Å²) in [6, 6.07) is 0. The van der Waals surface area contributed by atoms with Gasteiger partial charge in [-0.3, -0.25) is 4.21 Å². The van der Waals surface area contributed by atoms with Gasteiger partial charge in [-0.15, -0.1) is 0 Å². The molecule has 0 amide bonds. The average Bonchev–Trinajstić information content (AvgIpc) is 2.60. The summed E-state index contributed by atoms with van der Waals surface area (Å²) in [5.41, 5.74) is 0. The third-order valence-corrected chi connectivity index (χ3v) is 3.07. The van der Waals surface area contributed by atoms with Crippen LogP contribution < -0.4 is 0 Å². The first-order valence-corrected chi connectivity index (χ1v) is 5.39. The Morgan fingerprint density at radius 2 is 2.20 bits per heavy atom. The molecule has 0 aromatic carbocycles. The van der Waals surface area contributed by atoms with Crippen LogP contribution in [-0.4, -0.2) is 19.5 Å². The monoisotopic (exact) mass is 238 g/mol. The first kappa shape index (κ1) is 12.0. The molecule has 1 aromatic heterocycles. The quantitative estimate of drug-likeness (QED) is 0.804. The standard InChI is InChI=1S/C8H9F3N2OS/c1-13-4-3-12-8(13)15(14)5-2-6(9)7(10)11/h3-4H,2,5H2,1H3. The lowest BCUT2D eigenvalue weighted by Crippen LogP contribution is -2.05. The summed E-state index contributed by atoms with van der Waals surface area (Å²) >= 11 is 0. The Hall–Kier alpha value is -1.11. The van der Waals surface area contributed by atoms with Gasteiger partial charge in [0, 0.05) is 31.6 Å². The second kappa shape index (κ2) is 5.11. The maximum atomic E-state index is 12.4. The van der Waals surface area contributed by atoms with Crippen molar-refractivity contribution in [3.63, 3.8) is 0 Å². The Labute approximate surface area is 87.1 Å². The largest absolute Gasteiger partial charge is 0.327 e. The van der Waals surface area contributed by atoms with E-state index in [-0.39, 0.29) is 10.9 Å². The maximum absolute atomic E-state index is 12.4. The first-order valence-electron chi connectivity index (χ1n) is 4.07. The van der Waals surface area contributed by atoms with Crippen molar-refractivity contribution in [2.45, 2.75) is 11.6 Å². The molecule has 0 aliphatic carbocycles. The van der Waals surface area contributed by atoms with Gasteiger partial charge in [-0.25, -0.2) is 9.37 Å². The van der Waals surface area contributed by atoms with Gasteiger partial charge in [0.05, 0.1) is 10.8 Å². The van der Waals surface area contributed by atoms with Crippen LogP contribution in [0.25, 0.3) is 0 Å². The van der Waals surface area contributed by atoms with Crippen LogP contribution in [0.4, 0.5) is 13.2 Å². The smallest absolute Gasteiger partial charge is 0.301 e. The highest BCUT2D eigenvalue weighted by molar-refractivity contribution is 7.84. The van der Waals surface area contributed by atoms with E-state index in [1.807, 2.05) is 0 Å². The fraction of sp³-hybridized carbons (Fsp3) is 0.375. The normalized spacial score (nSPS) is 12.5. The van der Waals surface area contributed by atoms with Crippen LogP contribution in [0.2, 0.25) is 0 Å². The summed E-state index contributed by atoms with van der Waals surface area (Å²) in [5.74, 6) is -1.72. The minimum absolute atomic E-state index is 0.200. The number of halogens is 3. The van der Waals surface area contributed by atoms with Gasteiger partial charge in [0.15, 0.2) is 11.0 Å². The molecule has 7 heteroatoms. The second-order valence-electron chi connectivity index (χ2n) is 2.79. The number of rotatable bonds is 4. The van der Waals surface area contributed by atoms with Gasteiger partial charge in [-0.2, -0.15) is 8.78 Å². The summed E-state index contributed by atoms with van der Waals surface area (Å²) < 4.78 is 48.7. The number of aromatic nitrogens is 2. The molecule has 0 N–H and O–H groups in total. The predicted octanol–water partition coefficient (Wildman–Crippen LogP) is 2.00. The summed E-state index contributed by atoms with van der Waals surface area (Å²) in [7, 11) is 0.0705. The topological polar surface area (TPSA) is 34.9 Å². The molecule has 0 aliphatic heterocycles. The molecule has 0 radical (unpaired) electrons. The van der Waals surface area contributed by atoms with Gasteiger partial charge in [0.2, 0.25) is 0 Å². The first-order chi connectivity index (χ1) is 7.02. The van der Waals surface area contributed by atoms with E-state index in [2.05, 4.69) is 4.98 Å². The zero-order chi connectivity index (χ0) is 11.4. The van der Waals surface area contributed by atoms with E-state index < -0.39 is 29.1 Å². The molecule has 0 saturated heterocycles. The number of hydrogen-bond acceptors (Lipinski definition) is 2. The molecule has 84 valence electrons. The van der Waals surface area contributed by atoms with Crippen LogP contribution in [0.5, 0.6) is 0 Å². The number of imidazole rings is 1. The van der Waals surface area contributed by atoms with Crippen molar-refractivity contribution in [3.8, 4) is 0 Å². The van der Waals surface area contributed by atoms with Crippen molar-refractivity contribution < 1.29 is 17.4 Å². The van der Waals surface area contributed by atoms with Crippen LogP contribution in [0.1, 0.15) is 6.42 Å². The highest BCUT2D eigenvalue weighted by Crippen LogP contribution is 2.14. The summed E-state index contributed by atoms with van der Waals surface area (Å²) in [5, 5.41) is 0.252. The Balaban J connectivity index is 2.59. The number of nitrogens with zero attached hydrogens (tertiary/aromatic N) is 2. The molecule has 0 aliphatic rings. The van der Waals surface area contributed by atoms with Crippen LogP contribution in [0.3, 0.4) is 0 Å². The minimum Gasteiger partial charge on any atom is -0.327 e. The Morgan fingerprint density at radius 3 is 2.67 bits per heavy atom. The van der Waals surface area contributed by atoms with Crippen molar-refractivity contribution in [2.75, 3.05) is 5.75 Å². The van der Waals surface area contributed by atoms with E-state index in [1.165, 1.54) is 10.8 Å². The molecule has 0 saturated carbocycles. The SMILES string of the molecule is Cn1ccnc1S(=O)CCC(F)=C(F)F. The van der Waals surface area contributed by atoms with Crippen molar-refractivity contribution in [1.29, 1.82) is 0 Å². The van der Waals surface area contributed by atoms with Crippen LogP contribution in [0.15, 0.2) is 29.5 Å². The molecular weight excluding hydrogens is 229 g/mol. The van der Waals surface area contributed by atoms with E-state index >= 15 is 0 Å². The van der Waals surface area contributed by atoms with Gasteiger partial charge >= 0.3 is 6.08 Å². The highest BCUT2D eigenvalue weighted by atomic mass is 32.2. The van der Waals surface area contributed by atoms with Gasteiger partial charge in [-0.05, 0) is 0 Å². The summed E-state index contributed by atoms with van der Waals surface area (Å²) in [6.07, 6.45) is 0.124. The van der Waals surface area contributed by atoms with Gasteiger partial charge in [-0.1, -0.05) is 0 Å². The van der Waals surface area contributed by atoms with Crippen LogP contribution in [-0.2, 0) is 17.8 Å². The minimum atomic E-state index is -2.35. The number of aryl methyl sites for hydroxylation is 1. The number of allylic oxidation sites excluding steroid dienone is 1. The molecule has 0 bridgehead atoms. The average molecular weight is 238 g/mol. The third-order valence-electron chi connectivity index (χ3n) is 1.69. The molecule has 1 unspecified atom stereocenters. The Morgan fingerprint density at radius 1 is 1.53 bits per heavy atom. The molecule has 0 spiro atoms. The van der Waals surface area contributed by atoms with E-state index in [9.17, 15) is 17.4 Å². The zero-order valence-electron chi connectivity index (χ0n) is 7.91. The van der Waals surface area contributed by atoms with E-state index in [0.717, 1.165) is 0 Å². The van der Waals surface area contributed by atoms with E-state index in [1.54, 1.807) is 13.2 Å². The molecule has 1 rings (SSSR count). The van der Waals surface area contributed by atoms with Crippen molar-refractivity contribution in [3.05, 3.63) is 24.3 Å². The molecule has 1 atom stereocenters. The maximum Gasteiger partial charge on any atom is 0.301 e. The molecule has 1 heterocycles. The lowest BCUT2D eigenvalue weighted by atomic mass is 10.4. The van der Waals surface area contributed by atoms with Crippen LogP contribution >= 0.6 is 0 Å². The van der Waals surface area contributed by atoms with E-state index in [0.29, 0.717) is 0 Å². The Bertz CT molecular complexity index is 398. The zero-order valence-corrected chi connectivity index (χ0v) is 8.73. The summed E-state index contributed by atoms with van der Waals surface area (Å²) in [6.45, 7) is 0. The predicted molar refractivity (Wildman–Crippen MR) is 49.5 cm³/mol. The number of hydrogen-bond donors (Lipinski definition) is 0. The van der Waals surface area contributed by atoms with Crippen molar-refractivity contribution in [1.82, 2.24) is 9.55 Å². The van der Waals surface area contributed by atoms with Gasteiger partial charge < -0.3 is 4.57 Å². The highest BCUT2D eigenvalue weighted by Gasteiger charge is 2.12. The lowest BCUT2D eigenvalue weighted by Gasteiger charge is -2.00. The van der Waals surface area contributed by atoms with Gasteiger partial charge in [0.25, 0.3) is 0 Å². The third kappa shape index (κ3) is 3.19.